The lowest BCUT2D eigenvalue weighted by molar-refractivity contribution is 0.0726. The van der Waals surface area contributed by atoms with Crippen molar-refractivity contribution in [3.8, 4) is 0 Å². The zero-order valence-electron chi connectivity index (χ0n) is 17.0. The number of hydrogen-bond donors (Lipinski definition) is 0. The normalized spacial score (nSPS) is 23.0. The average molecular weight is 443 g/mol. The molecule has 0 bridgehead atoms. The van der Waals surface area contributed by atoms with E-state index < -0.39 is 0 Å². The van der Waals surface area contributed by atoms with Gasteiger partial charge < -0.3 is 9.64 Å². The molecule has 2 fully saturated rings. The maximum atomic E-state index is 12.9. The number of allylic oxidation sites excluding steroid dienone is 3. The summed E-state index contributed by atoms with van der Waals surface area (Å²) in [5.41, 5.74) is 1.70. The molecule has 30 heavy (non-hydrogen) atoms. The van der Waals surface area contributed by atoms with Crippen LogP contribution in [0.25, 0.3) is 6.08 Å². The van der Waals surface area contributed by atoms with E-state index in [0.29, 0.717) is 16.5 Å². The molecular formula is C24H27ClN2O2S. The van der Waals surface area contributed by atoms with Crippen molar-refractivity contribution >= 4 is 46.9 Å². The third-order valence-corrected chi connectivity index (χ3v) is 5.97. The van der Waals surface area contributed by atoms with Gasteiger partial charge in [0.25, 0.3) is 5.91 Å². The maximum Gasteiger partial charge on any atom is 0.253 e. The highest BCUT2D eigenvalue weighted by atomic mass is 35.5. The van der Waals surface area contributed by atoms with Gasteiger partial charge in [-0.2, -0.15) is 0 Å². The van der Waals surface area contributed by atoms with Crippen molar-refractivity contribution in [2.24, 2.45) is 10.9 Å². The van der Waals surface area contributed by atoms with Crippen molar-refractivity contribution < 1.29 is 9.53 Å². The molecule has 2 aliphatic rings. The van der Waals surface area contributed by atoms with Gasteiger partial charge in [0, 0.05) is 47.4 Å². The predicted molar refractivity (Wildman–Crippen MR) is 128 cm³/mol. The Bertz CT molecular complexity index is 860. The van der Waals surface area contributed by atoms with Crippen molar-refractivity contribution in [1.29, 1.82) is 0 Å². The Hall–Kier alpha value is -2.08. The number of amides is 1. The van der Waals surface area contributed by atoms with Crippen LogP contribution in [0.3, 0.4) is 0 Å². The number of carbonyl (C=O) groups excluding carboxylic acids is 1. The van der Waals surface area contributed by atoms with Gasteiger partial charge in [0.1, 0.15) is 0 Å². The van der Waals surface area contributed by atoms with Crippen molar-refractivity contribution in [3.05, 3.63) is 65.4 Å². The lowest BCUT2D eigenvalue weighted by Crippen LogP contribution is -2.33. The van der Waals surface area contributed by atoms with Crippen LogP contribution in [0.5, 0.6) is 0 Å². The van der Waals surface area contributed by atoms with E-state index in [1.54, 1.807) is 24.6 Å². The summed E-state index contributed by atoms with van der Waals surface area (Å²) in [5.74, 6) is 0.522. The fraction of sp³-hybridized carbons (Fsp3) is 0.375. The van der Waals surface area contributed by atoms with Crippen LogP contribution in [-0.2, 0) is 4.74 Å². The van der Waals surface area contributed by atoms with Crippen LogP contribution < -0.4 is 0 Å². The van der Waals surface area contributed by atoms with Crippen molar-refractivity contribution in [1.82, 2.24) is 4.90 Å². The van der Waals surface area contributed by atoms with E-state index in [0.717, 1.165) is 55.8 Å². The molecule has 2 saturated heterocycles. The quantitative estimate of drug-likeness (QED) is 0.334. The molecule has 1 aromatic rings. The number of thiocarbonyl (C=S) groups is 1. The number of ether oxygens (including phenoxy) is 1. The Morgan fingerprint density at radius 3 is 2.77 bits per heavy atom. The molecule has 0 saturated carbocycles. The Morgan fingerprint density at radius 1 is 1.27 bits per heavy atom. The summed E-state index contributed by atoms with van der Waals surface area (Å²) in [6.07, 6.45) is 12.6. The Morgan fingerprint density at radius 2 is 2.07 bits per heavy atom. The number of aliphatic imine (C=N–C) groups is 1. The number of nitrogens with zero attached hydrogens (tertiary/aromatic N) is 2. The molecule has 0 radical (unpaired) electrons. The van der Waals surface area contributed by atoms with E-state index in [1.165, 1.54) is 0 Å². The molecule has 0 spiro atoms. The average Bonchev–Trinajstić information content (AvgIpc) is 3.02. The molecule has 2 atom stereocenters. The summed E-state index contributed by atoms with van der Waals surface area (Å²) in [6, 6.07) is 7.61. The van der Waals surface area contributed by atoms with Gasteiger partial charge in [-0.05, 0) is 61.1 Å². The summed E-state index contributed by atoms with van der Waals surface area (Å²) in [7, 11) is 0. The van der Waals surface area contributed by atoms with E-state index >= 15 is 0 Å². The molecule has 0 aliphatic carbocycles. The Balaban J connectivity index is 1.54. The van der Waals surface area contributed by atoms with Crippen molar-refractivity contribution in [3.63, 3.8) is 0 Å². The number of hydrogen-bond acceptors (Lipinski definition) is 4. The first-order valence-corrected chi connectivity index (χ1v) is 11.1. The monoisotopic (exact) mass is 442 g/mol. The number of halogens is 1. The van der Waals surface area contributed by atoms with E-state index in [-0.39, 0.29) is 12.0 Å². The van der Waals surface area contributed by atoms with Crippen LogP contribution in [0.15, 0.2) is 59.2 Å². The molecule has 1 amide bonds. The summed E-state index contributed by atoms with van der Waals surface area (Å²) >= 11 is 11.1. The number of likely N-dealkylation sites (tertiary alicyclic amines) is 1. The van der Waals surface area contributed by atoms with Crippen molar-refractivity contribution in [2.45, 2.75) is 31.8 Å². The second-order valence-corrected chi connectivity index (χ2v) is 8.54. The SMILES string of the molecule is C=C(Cl)\C=C/C=N/C=C/c1ccc(C(=O)N2CCCC(C3OCCC3=S)CC2)cc1. The van der Waals surface area contributed by atoms with E-state index in [2.05, 4.69) is 11.6 Å². The molecule has 3 rings (SSSR count). The lowest BCUT2D eigenvalue weighted by Gasteiger charge is -2.23. The van der Waals surface area contributed by atoms with Crippen LogP contribution in [0.1, 0.15) is 41.6 Å². The third-order valence-electron chi connectivity index (χ3n) is 5.41. The summed E-state index contributed by atoms with van der Waals surface area (Å²) in [6.45, 7) is 5.85. The van der Waals surface area contributed by atoms with Gasteiger partial charge >= 0.3 is 0 Å². The van der Waals surface area contributed by atoms with E-state index in [9.17, 15) is 4.79 Å². The highest BCUT2D eigenvalue weighted by Crippen LogP contribution is 2.28. The van der Waals surface area contributed by atoms with Gasteiger partial charge in [0.15, 0.2) is 0 Å². The number of benzene rings is 1. The van der Waals surface area contributed by atoms with Crippen LogP contribution in [0, 0.1) is 5.92 Å². The van der Waals surface area contributed by atoms with E-state index in [1.807, 2.05) is 35.2 Å². The van der Waals surface area contributed by atoms with Crippen LogP contribution in [0.4, 0.5) is 0 Å². The smallest absolute Gasteiger partial charge is 0.253 e. The first-order valence-electron chi connectivity index (χ1n) is 10.3. The predicted octanol–water partition coefficient (Wildman–Crippen LogP) is 5.44. The van der Waals surface area contributed by atoms with E-state index in [4.69, 9.17) is 28.6 Å². The number of rotatable bonds is 6. The maximum absolute atomic E-state index is 12.9. The second-order valence-electron chi connectivity index (χ2n) is 7.53. The highest BCUT2D eigenvalue weighted by molar-refractivity contribution is 7.80. The molecule has 2 heterocycles. The fourth-order valence-electron chi connectivity index (χ4n) is 3.84. The second kappa shape index (κ2) is 11.3. The lowest BCUT2D eigenvalue weighted by atomic mass is 9.92. The molecular weight excluding hydrogens is 416 g/mol. The van der Waals surface area contributed by atoms with Crippen molar-refractivity contribution in [2.75, 3.05) is 19.7 Å². The van der Waals surface area contributed by atoms with Gasteiger partial charge in [-0.25, -0.2) is 0 Å². The topological polar surface area (TPSA) is 41.9 Å². The van der Waals surface area contributed by atoms with Crippen LogP contribution in [-0.4, -0.2) is 47.7 Å². The minimum absolute atomic E-state index is 0.0885. The zero-order chi connectivity index (χ0) is 21.3. The molecule has 4 nitrogen and oxygen atoms in total. The van der Waals surface area contributed by atoms with Gasteiger partial charge in [0.2, 0.25) is 0 Å². The standard InChI is InChI=1S/C24H27ClN2O2S/c1-18(25)4-2-13-26-14-10-19-6-8-21(9-7-19)24(28)27-15-3-5-20(11-16-27)23-22(30)12-17-29-23/h2,4,6-10,13-14,20,23H,1,3,5,11-12,15-17H2/b4-2-,14-10+,26-13+. The van der Waals surface area contributed by atoms with Gasteiger partial charge in [-0.1, -0.05) is 42.5 Å². The number of carbonyl (C=O) groups is 1. The zero-order valence-corrected chi connectivity index (χ0v) is 18.6. The molecule has 0 N–H and O–H groups in total. The molecule has 158 valence electrons. The molecule has 0 aromatic heterocycles. The summed E-state index contributed by atoms with van der Waals surface area (Å²) < 4.78 is 5.84. The van der Waals surface area contributed by atoms with Crippen LogP contribution >= 0.6 is 23.8 Å². The van der Waals surface area contributed by atoms with Gasteiger partial charge in [-0.15, -0.1) is 0 Å². The van der Waals surface area contributed by atoms with Gasteiger partial charge in [0.05, 0.1) is 12.7 Å². The Labute approximate surface area is 189 Å². The minimum Gasteiger partial charge on any atom is -0.372 e. The molecule has 6 heteroatoms. The van der Waals surface area contributed by atoms with Crippen LogP contribution in [0.2, 0.25) is 0 Å². The fourth-order valence-corrected chi connectivity index (χ4v) is 4.26. The molecule has 2 unspecified atom stereocenters. The summed E-state index contributed by atoms with van der Waals surface area (Å²) in [4.78, 5) is 20.1. The van der Waals surface area contributed by atoms with Gasteiger partial charge in [-0.3, -0.25) is 9.79 Å². The minimum atomic E-state index is 0.0885. The first kappa shape index (κ1) is 22.6. The third kappa shape index (κ3) is 6.46. The molecule has 1 aromatic carbocycles. The largest absolute Gasteiger partial charge is 0.372 e. The molecule has 2 aliphatic heterocycles. The highest BCUT2D eigenvalue weighted by Gasteiger charge is 2.32. The summed E-state index contributed by atoms with van der Waals surface area (Å²) in [5, 5.41) is 0.459. The Kier molecular flexibility index (Phi) is 8.55. The first-order chi connectivity index (χ1) is 14.5.